The average Bonchev–Trinajstić information content (AvgIpc) is 2.64. The van der Waals surface area contributed by atoms with E-state index in [2.05, 4.69) is 27.0 Å². The number of nitrogens with zero attached hydrogens (tertiary/aromatic N) is 2. The van der Waals surface area contributed by atoms with Gasteiger partial charge >= 0.3 is 0 Å². The molecule has 0 aliphatic heterocycles. The smallest absolute Gasteiger partial charge is 0.251 e. The van der Waals surface area contributed by atoms with Gasteiger partial charge in [-0.25, -0.2) is 0 Å². The molecule has 0 amide bonds. The molecule has 0 spiro atoms. The Labute approximate surface area is 166 Å². The predicted molar refractivity (Wildman–Crippen MR) is 116 cm³/mol. The molecule has 0 atom stereocenters. The molecule has 2 aromatic carbocycles. The quantitative estimate of drug-likeness (QED) is 0.477. The Balaban J connectivity index is 2.09. The number of aromatic amines is 1. The maximum absolute atomic E-state index is 12.1. The molecule has 4 nitrogen and oxygen atoms in total. The van der Waals surface area contributed by atoms with E-state index >= 15 is 0 Å². The van der Waals surface area contributed by atoms with Gasteiger partial charge in [-0.15, -0.1) is 0 Å². The van der Waals surface area contributed by atoms with Crippen LogP contribution in [0.4, 0.5) is 5.69 Å². The number of rotatable bonds is 4. The first-order chi connectivity index (χ1) is 12.9. The third-order valence-corrected chi connectivity index (χ3v) is 4.93. The van der Waals surface area contributed by atoms with Gasteiger partial charge in [-0.3, -0.25) is 4.79 Å². The molecule has 5 heteroatoms. The number of hydrogen-bond donors (Lipinski definition) is 1. The average molecular weight is 422 g/mol. The lowest BCUT2D eigenvalue weighted by molar-refractivity contribution is 1.08. The molecular weight excluding hydrogens is 402 g/mol. The summed E-state index contributed by atoms with van der Waals surface area (Å²) in [5.74, 6) is 0. The van der Waals surface area contributed by atoms with Crippen molar-refractivity contribution in [3.05, 3.63) is 74.0 Å². The van der Waals surface area contributed by atoms with Crippen LogP contribution in [0.15, 0.2) is 51.7 Å². The van der Waals surface area contributed by atoms with Crippen molar-refractivity contribution in [1.82, 2.24) is 4.98 Å². The summed E-state index contributed by atoms with van der Waals surface area (Å²) in [7, 11) is 3.95. The standard InChI is InChI=1S/C22H20BrN3O/c1-4-15-10-17-6-5-16(11-21(17)25-22(15)27)18(13-24)7-14-8-19(23)12-20(9-14)26(2)3/h5-12H,4H2,1-3H3,(H,25,27)/b18-7+. The lowest BCUT2D eigenvalue weighted by Crippen LogP contribution is -2.11. The van der Waals surface area contributed by atoms with Crippen molar-refractivity contribution in [2.45, 2.75) is 13.3 Å². The number of allylic oxidation sites excluding steroid dienone is 1. The molecule has 1 aromatic heterocycles. The molecule has 1 heterocycles. The number of anilines is 1. The van der Waals surface area contributed by atoms with Crippen LogP contribution in [0.3, 0.4) is 0 Å². The third kappa shape index (κ3) is 4.12. The van der Waals surface area contributed by atoms with Gasteiger partial charge in [-0.05, 0) is 59.3 Å². The van der Waals surface area contributed by atoms with Gasteiger partial charge in [0, 0.05) is 35.3 Å². The Morgan fingerprint density at radius 3 is 2.67 bits per heavy atom. The fourth-order valence-electron chi connectivity index (χ4n) is 2.96. The molecule has 0 unspecified atom stereocenters. The van der Waals surface area contributed by atoms with E-state index in [1.807, 2.05) is 74.5 Å². The van der Waals surface area contributed by atoms with Gasteiger partial charge in [-0.1, -0.05) is 35.0 Å². The second-order valence-electron chi connectivity index (χ2n) is 6.59. The van der Waals surface area contributed by atoms with E-state index in [1.54, 1.807) is 0 Å². The van der Waals surface area contributed by atoms with Crippen LogP contribution in [0.1, 0.15) is 23.6 Å². The van der Waals surface area contributed by atoms with Crippen molar-refractivity contribution >= 4 is 44.2 Å². The molecule has 1 N–H and O–H groups in total. The molecule has 0 saturated heterocycles. The van der Waals surface area contributed by atoms with Crippen LogP contribution < -0.4 is 10.5 Å². The third-order valence-electron chi connectivity index (χ3n) is 4.47. The predicted octanol–water partition coefficient (Wildman–Crippen LogP) is 4.98. The summed E-state index contributed by atoms with van der Waals surface area (Å²) >= 11 is 3.52. The Morgan fingerprint density at radius 2 is 2.00 bits per heavy atom. The lowest BCUT2D eigenvalue weighted by atomic mass is 10.0. The van der Waals surface area contributed by atoms with E-state index < -0.39 is 0 Å². The second kappa shape index (κ2) is 7.81. The highest BCUT2D eigenvalue weighted by molar-refractivity contribution is 9.10. The molecule has 3 rings (SSSR count). The zero-order valence-electron chi connectivity index (χ0n) is 15.5. The molecule has 0 fully saturated rings. The van der Waals surface area contributed by atoms with Crippen LogP contribution in [-0.4, -0.2) is 19.1 Å². The summed E-state index contributed by atoms with van der Waals surface area (Å²) in [6, 6.07) is 15.9. The number of nitriles is 1. The van der Waals surface area contributed by atoms with Gasteiger partial charge in [0.15, 0.2) is 0 Å². The van der Waals surface area contributed by atoms with E-state index in [9.17, 15) is 10.1 Å². The zero-order chi connectivity index (χ0) is 19.6. The SMILES string of the molecule is CCc1cc2ccc(/C(C#N)=C/c3cc(Br)cc(N(C)C)c3)cc2[nH]c1=O. The highest BCUT2D eigenvalue weighted by Crippen LogP contribution is 2.26. The number of hydrogen-bond acceptors (Lipinski definition) is 3. The largest absolute Gasteiger partial charge is 0.378 e. The first-order valence-electron chi connectivity index (χ1n) is 8.67. The molecule has 0 aliphatic carbocycles. The highest BCUT2D eigenvalue weighted by Gasteiger charge is 2.07. The van der Waals surface area contributed by atoms with Gasteiger partial charge < -0.3 is 9.88 Å². The minimum absolute atomic E-state index is 0.0766. The van der Waals surface area contributed by atoms with Crippen molar-refractivity contribution < 1.29 is 0 Å². The van der Waals surface area contributed by atoms with Crippen LogP contribution in [-0.2, 0) is 6.42 Å². The van der Waals surface area contributed by atoms with E-state index in [0.29, 0.717) is 12.0 Å². The number of aromatic nitrogens is 1. The number of nitrogens with one attached hydrogen (secondary N) is 1. The normalized spacial score (nSPS) is 11.4. The Morgan fingerprint density at radius 1 is 1.22 bits per heavy atom. The van der Waals surface area contributed by atoms with Gasteiger partial charge in [-0.2, -0.15) is 5.26 Å². The Hall–Kier alpha value is -2.84. The number of aryl methyl sites for hydroxylation is 1. The summed E-state index contributed by atoms with van der Waals surface area (Å²) in [6.07, 6.45) is 2.55. The molecule has 0 saturated carbocycles. The van der Waals surface area contributed by atoms with Gasteiger partial charge in [0.05, 0.1) is 11.6 Å². The molecular formula is C22H20BrN3O. The fraction of sp³-hybridized carbons (Fsp3) is 0.182. The van der Waals surface area contributed by atoms with Crippen molar-refractivity contribution in [2.75, 3.05) is 19.0 Å². The van der Waals surface area contributed by atoms with E-state index in [4.69, 9.17) is 0 Å². The topological polar surface area (TPSA) is 59.9 Å². The zero-order valence-corrected chi connectivity index (χ0v) is 17.1. The summed E-state index contributed by atoms with van der Waals surface area (Å²) in [5.41, 5.74) is 4.71. The number of benzene rings is 2. The summed E-state index contributed by atoms with van der Waals surface area (Å²) in [5, 5.41) is 10.6. The van der Waals surface area contributed by atoms with Crippen LogP contribution >= 0.6 is 15.9 Å². The van der Waals surface area contributed by atoms with Crippen molar-refractivity contribution in [1.29, 1.82) is 5.26 Å². The molecule has 3 aromatic rings. The summed E-state index contributed by atoms with van der Waals surface area (Å²) in [4.78, 5) is 17.0. The number of fused-ring (bicyclic) bond motifs is 1. The van der Waals surface area contributed by atoms with Crippen molar-refractivity contribution in [2.24, 2.45) is 0 Å². The fourth-order valence-corrected chi connectivity index (χ4v) is 3.46. The monoisotopic (exact) mass is 421 g/mol. The van der Waals surface area contributed by atoms with Crippen molar-refractivity contribution in [3.63, 3.8) is 0 Å². The second-order valence-corrected chi connectivity index (χ2v) is 7.50. The van der Waals surface area contributed by atoms with Crippen molar-refractivity contribution in [3.8, 4) is 6.07 Å². The van der Waals surface area contributed by atoms with Crippen LogP contribution in [0.25, 0.3) is 22.6 Å². The summed E-state index contributed by atoms with van der Waals surface area (Å²) < 4.78 is 0.951. The number of halogens is 1. The van der Waals surface area contributed by atoms with Gasteiger partial charge in [0.2, 0.25) is 0 Å². The number of pyridine rings is 1. The molecule has 27 heavy (non-hydrogen) atoms. The maximum atomic E-state index is 12.1. The van der Waals surface area contributed by atoms with E-state index in [0.717, 1.165) is 37.8 Å². The molecule has 0 aliphatic rings. The number of H-pyrrole nitrogens is 1. The first kappa shape index (κ1) is 18.9. The lowest BCUT2D eigenvalue weighted by Gasteiger charge is -2.13. The van der Waals surface area contributed by atoms with Crippen LogP contribution in [0.5, 0.6) is 0 Å². The molecule has 0 radical (unpaired) electrons. The highest BCUT2D eigenvalue weighted by atomic mass is 79.9. The first-order valence-corrected chi connectivity index (χ1v) is 9.46. The van der Waals surface area contributed by atoms with Gasteiger partial charge in [0.1, 0.15) is 0 Å². The van der Waals surface area contributed by atoms with Gasteiger partial charge in [0.25, 0.3) is 5.56 Å². The Bertz CT molecular complexity index is 1140. The van der Waals surface area contributed by atoms with E-state index in [1.165, 1.54) is 0 Å². The Kier molecular flexibility index (Phi) is 5.48. The van der Waals surface area contributed by atoms with E-state index in [-0.39, 0.29) is 5.56 Å². The minimum atomic E-state index is -0.0766. The van der Waals surface area contributed by atoms with Crippen LogP contribution in [0.2, 0.25) is 0 Å². The molecule has 136 valence electrons. The maximum Gasteiger partial charge on any atom is 0.251 e. The molecule has 0 bridgehead atoms. The minimum Gasteiger partial charge on any atom is -0.378 e. The van der Waals surface area contributed by atoms with Crippen LogP contribution in [0, 0.1) is 11.3 Å². The summed E-state index contributed by atoms with van der Waals surface area (Å²) in [6.45, 7) is 1.96.